The molecule has 1 N–H and O–H groups in total. The highest BCUT2D eigenvalue weighted by Gasteiger charge is 2.45. The zero-order valence-corrected chi connectivity index (χ0v) is 22.4. The van der Waals surface area contributed by atoms with Gasteiger partial charge in [0.15, 0.2) is 0 Å². The number of sulfonamides is 1. The van der Waals surface area contributed by atoms with Gasteiger partial charge in [-0.2, -0.15) is 0 Å². The molecule has 1 aliphatic heterocycles. The van der Waals surface area contributed by atoms with Crippen LogP contribution in [-0.2, 0) is 29.8 Å². The molecule has 0 aliphatic carbocycles. The molecule has 0 radical (unpaired) electrons. The highest BCUT2D eigenvalue weighted by molar-refractivity contribution is 7.89. The van der Waals surface area contributed by atoms with Crippen LogP contribution in [0.3, 0.4) is 0 Å². The van der Waals surface area contributed by atoms with E-state index in [4.69, 9.17) is 4.74 Å². The lowest BCUT2D eigenvalue weighted by molar-refractivity contribution is -0.140. The molecule has 194 valence electrons. The van der Waals surface area contributed by atoms with Gasteiger partial charge < -0.3 is 14.7 Å². The van der Waals surface area contributed by atoms with Crippen LogP contribution in [0.4, 0.5) is 0 Å². The summed E-state index contributed by atoms with van der Waals surface area (Å²) in [5.41, 5.74) is 1.95. The van der Waals surface area contributed by atoms with Crippen molar-refractivity contribution in [2.45, 2.75) is 43.5 Å². The number of Topliss-reactive ketones (excluding diaryl/α,β-unsaturated/α-hetero) is 1. The number of nitrogens with zero attached hydrogens (tertiary/aromatic N) is 2. The molecule has 1 atom stereocenters. The van der Waals surface area contributed by atoms with Crippen molar-refractivity contribution in [2.24, 2.45) is 0 Å². The lowest BCUT2D eigenvalue weighted by Gasteiger charge is -2.26. The summed E-state index contributed by atoms with van der Waals surface area (Å²) in [7, 11) is 0.771. The lowest BCUT2D eigenvalue weighted by atomic mass is 9.85. The molecule has 1 fully saturated rings. The molecule has 2 aromatic rings. The predicted octanol–water partition coefficient (Wildman–Crippen LogP) is 3.69. The van der Waals surface area contributed by atoms with Gasteiger partial charge in [-0.25, -0.2) is 12.7 Å². The second-order valence-electron chi connectivity index (χ2n) is 10.0. The van der Waals surface area contributed by atoms with Crippen LogP contribution in [0, 0.1) is 0 Å². The summed E-state index contributed by atoms with van der Waals surface area (Å²) < 4.78 is 31.0. The minimum Gasteiger partial charge on any atom is -0.507 e. The Morgan fingerprint density at radius 2 is 1.61 bits per heavy atom. The summed E-state index contributed by atoms with van der Waals surface area (Å²) in [5.74, 6) is -1.81. The van der Waals surface area contributed by atoms with Crippen LogP contribution in [-0.4, -0.2) is 68.8 Å². The van der Waals surface area contributed by atoms with Crippen molar-refractivity contribution < 1.29 is 27.9 Å². The molecule has 0 spiro atoms. The molecule has 0 aromatic heterocycles. The number of hydrogen-bond donors (Lipinski definition) is 1. The maximum Gasteiger partial charge on any atom is 0.295 e. The fourth-order valence-electron chi connectivity index (χ4n) is 4.15. The molecule has 0 saturated carbocycles. The van der Waals surface area contributed by atoms with Gasteiger partial charge in [-0.05, 0) is 47.2 Å². The number of aliphatic hydroxyl groups is 1. The van der Waals surface area contributed by atoms with E-state index in [1.807, 2.05) is 24.3 Å². The molecule has 1 amide bonds. The Balaban J connectivity index is 2.11. The number of carbonyl (C=O) groups is 2. The predicted molar refractivity (Wildman–Crippen MR) is 138 cm³/mol. The van der Waals surface area contributed by atoms with Gasteiger partial charge in [-0.15, -0.1) is 0 Å². The topological polar surface area (TPSA) is 104 Å². The molecular weight excluding hydrogens is 480 g/mol. The molecule has 9 heteroatoms. The second-order valence-corrected chi connectivity index (χ2v) is 12.2. The van der Waals surface area contributed by atoms with E-state index in [-0.39, 0.29) is 33.8 Å². The number of ketones is 1. The van der Waals surface area contributed by atoms with E-state index in [2.05, 4.69) is 20.8 Å². The molecule has 1 aliphatic rings. The van der Waals surface area contributed by atoms with Gasteiger partial charge >= 0.3 is 0 Å². The lowest BCUT2D eigenvalue weighted by Crippen LogP contribution is -2.31. The van der Waals surface area contributed by atoms with E-state index in [0.29, 0.717) is 18.6 Å². The number of benzene rings is 2. The zero-order chi connectivity index (χ0) is 26.8. The van der Waals surface area contributed by atoms with Gasteiger partial charge in [0.05, 0.1) is 16.5 Å². The summed E-state index contributed by atoms with van der Waals surface area (Å²) in [6.45, 7) is 6.98. The highest BCUT2D eigenvalue weighted by Crippen LogP contribution is 2.40. The SMILES string of the molecule is COCCCN1C(=O)C(=O)/C(=C(/O)c2ccc(S(=O)(=O)N(C)C)cc2)[C@@H]1c1ccc(C(C)(C)C)cc1. The van der Waals surface area contributed by atoms with Crippen molar-refractivity contribution >= 4 is 27.5 Å². The van der Waals surface area contributed by atoms with E-state index in [0.717, 1.165) is 9.87 Å². The van der Waals surface area contributed by atoms with Crippen molar-refractivity contribution in [3.63, 3.8) is 0 Å². The van der Waals surface area contributed by atoms with Crippen molar-refractivity contribution in [1.29, 1.82) is 0 Å². The third kappa shape index (κ3) is 5.38. The first-order valence-electron chi connectivity index (χ1n) is 11.7. The Morgan fingerprint density at radius 3 is 2.11 bits per heavy atom. The molecule has 2 aromatic carbocycles. The van der Waals surface area contributed by atoms with E-state index in [9.17, 15) is 23.1 Å². The highest BCUT2D eigenvalue weighted by atomic mass is 32.2. The average Bonchev–Trinajstić information content (AvgIpc) is 3.08. The van der Waals surface area contributed by atoms with Crippen molar-refractivity contribution in [3.8, 4) is 0 Å². The van der Waals surface area contributed by atoms with Gasteiger partial charge in [-0.1, -0.05) is 45.0 Å². The molecule has 36 heavy (non-hydrogen) atoms. The summed E-state index contributed by atoms with van der Waals surface area (Å²) in [5, 5.41) is 11.2. The Bertz CT molecular complexity index is 1260. The number of ether oxygens (including phenoxy) is 1. The van der Waals surface area contributed by atoms with E-state index in [1.165, 1.54) is 43.3 Å². The Morgan fingerprint density at radius 1 is 1.03 bits per heavy atom. The summed E-state index contributed by atoms with van der Waals surface area (Å²) in [6, 6.07) is 12.5. The monoisotopic (exact) mass is 514 g/mol. The van der Waals surface area contributed by atoms with Crippen LogP contribution >= 0.6 is 0 Å². The van der Waals surface area contributed by atoms with Crippen molar-refractivity contribution in [3.05, 3.63) is 70.8 Å². The van der Waals surface area contributed by atoms with Crippen molar-refractivity contribution in [2.75, 3.05) is 34.4 Å². The standard InChI is InChI=1S/C27H34N2O6S/c1-27(2,3)20-12-8-18(9-13-20)23-22(25(31)26(32)29(23)16-7-17-35-6)24(30)19-10-14-21(15-11-19)36(33,34)28(4)5/h8-15,23,30H,7,16-17H2,1-6H3/b24-22+/t23-/m0/s1. The van der Waals surface area contributed by atoms with Gasteiger partial charge in [0, 0.05) is 39.9 Å². The summed E-state index contributed by atoms with van der Waals surface area (Å²) in [4.78, 5) is 27.7. The fraction of sp³-hybridized carbons (Fsp3) is 0.407. The quantitative estimate of drug-likeness (QED) is 0.249. The largest absolute Gasteiger partial charge is 0.507 e. The van der Waals surface area contributed by atoms with Crippen molar-refractivity contribution in [1.82, 2.24) is 9.21 Å². The number of hydrogen-bond acceptors (Lipinski definition) is 6. The van der Waals surface area contributed by atoms with Gasteiger partial charge in [0.25, 0.3) is 11.7 Å². The van der Waals surface area contributed by atoms with Gasteiger partial charge in [0.2, 0.25) is 10.0 Å². The number of methoxy groups -OCH3 is 1. The third-order valence-corrected chi connectivity index (χ3v) is 8.12. The molecular formula is C27H34N2O6S. The van der Waals surface area contributed by atoms with E-state index < -0.39 is 27.8 Å². The number of aliphatic hydroxyl groups excluding tert-OH is 1. The van der Waals surface area contributed by atoms with E-state index in [1.54, 1.807) is 7.11 Å². The third-order valence-electron chi connectivity index (χ3n) is 6.29. The Hall–Kier alpha value is -3.01. The zero-order valence-electron chi connectivity index (χ0n) is 21.6. The summed E-state index contributed by atoms with van der Waals surface area (Å²) in [6.07, 6.45) is 0.525. The first kappa shape index (κ1) is 27.6. The smallest absolute Gasteiger partial charge is 0.295 e. The van der Waals surface area contributed by atoms with Crippen LogP contribution in [0.2, 0.25) is 0 Å². The van der Waals surface area contributed by atoms with Crippen LogP contribution in [0.25, 0.3) is 5.76 Å². The first-order valence-corrected chi connectivity index (χ1v) is 13.2. The maximum absolute atomic E-state index is 13.1. The van der Waals surface area contributed by atoms with Crippen LogP contribution in [0.15, 0.2) is 59.0 Å². The Kier molecular flexibility index (Phi) is 8.07. The van der Waals surface area contributed by atoms with Gasteiger partial charge in [-0.3, -0.25) is 9.59 Å². The summed E-state index contributed by atoms with van der Waals surface area (Å²) >= 11 is 0. The molecule has 3 rings (SSSR count). The number of carbonyl (C=O) groups excluding carboxylic acids is 2. The number of likely N-dealkylation sites (tertiary alicyclic amines) is 1. The first-order chi connectivity index (χ1) is 16.8. The molecule has 1 saturated heterocycles. The van der Waals surface area contributed by atoms with Crippen LogP contribution < -0.4 is 0 Å². The maximum atomic E-state index is 13.1. The van der Waals surface area contributed by atoms with Crippen LogP contribution in [0.1, 0.15) is 49.9 Å². The van der Waals surface area contributed by atoms with E-state index >= 15 is 0 Å². The second kappa shape index (κ2) is 10.5. The molecule has 8 nitrogen and oxygen atoms in total. The normalized spacial score (nSPS) is 18.3. The average molecular weight is 515 g/mol. The number of amides is 1. The van der Waals surface area contributed by atoms with Gasteiger partial charge in [0.1, 0.15) is 5.76 Å². The molecule has 1 heterocycles. The Labute approximate surface area is 213 Å². The number of rotatable bonds is 8. The van der Waals surface area contributed by atoms with Crippen LogP contribution in [0.5, 0.6) is 0 Å². The molecule has 0 unspecified atom stereocenters. The molecule has 0 bridgehead atoms. The fourth-order valence-corrected chi connectivity index (χ4v) is 5.05. The minimum absolute atomic E-state index is 0.0239. The minimum atomic E-state index is -3.66.